The van der Waals surface area contributed by atoms with Crippen LogP contribution >= 0.6 is 0 Å². The van der Waals surface area contributed by atoms with Gasteiger partial charge in [0.25, 0.3) is 5.92 Å². The summed E-state index contributed by atoms with van der Waals surface area (Å²) in [5.74, 6) is -2.60. The number of nitrogens with one attached hydrogen (secondary N) is 1. The number of hydrogen-bond donors (Lipinski definition) is 1. The number of rotatable bonds is 4. The summed E-state index contributed by atoms with van der Waals surface area (Å²) in [6, 6.07) is 7.68. The van der Waals surface area contributed by atoms with Crippen LogP contribution in [0.25, 0.3) is 0 Å². The number of alkyl halides is 2. The molecule has 2 rings (SSSR count). The highest BCUT2D eigenvalue weighted by atomic mass is 19.3. The maximum atomic E-state index is 13.7. The van der Waals surface area contributed by atoms with E-state index >= 15 is 0 Å². The lowest BCUT2D eigenvalue weighted by Crippen LogP contribution is -2.25. The van der Waals surface area contributed by atoms with Crippen molar-refractivity contribution in [3.63, 3.8) is 0 Å². The molecule has 1 heterocycles. The highest BCUT2D eigenvalue weighted by Gasteiger charge is 2.30. The molecule has 0 aliphatic rings. The van der Waals surface area contributed by atoms with Crippen LogP contribution in [0.3, 0.4) is 0 Å². The summed E-state index contributed by atoms with van der Waals surface area (Å²) in [5.41, 5.74) is -0.0172. The van der Waals surface area contributed by atoms with Gasteiger partial charge in [0, 0.05) is 18.0 Å². The molecule has 3 nitrogen and oxygen atoms in total. The lowest BCUT2D eigenvalue weighted by molar-refractivity contribution is 0.0105. The molecular weight excluding hydrogens is 224 g/mol. The van der Waals surface area contributed by atoms with Gasteiger partial charge in [0.05, 0.1) is 12.7 Å². The molecule has 0 fully saturated rings. The monoisotopic (exact) mass is 235 g/mol. The molecule has 17 heavy (non-hydrogen) atoms. The maximum absolute atomic E-state index is 13.7. The van der Waals surface area contributed by atoms with Gasteiger partial charge in [-0.1, -0.05) is 30.3 Å². The molecule has 1 N–H and O–H groups in total. The van der Waals surface area contributed by atoms with Crippen LogP contribution in [0.15, 0.2) is 48.9 Å². The predicted octanol–water partition coefficient (Wildman–Crippen LogP) is 2.68. The van der Waals surface area contributed by atoms with Crippen molar-refractivity contribution in [2.45, 2.75) is 5.92 Å². The van der Waals surface area contributed by atoms with Crippen molar-refractivity contribution in [3.8, 4) is 0 Å². The third-order valence-electron chi connectivity index (χ3n) is 2.25. The fourth-order valence-corrected chi connectivity index (χ4v) is 1.38. The van der Waals surface area contributed by atoms with Crippen LogP contribution in [0.5, 0.6) is 0 Å². The largest absolute Gasteiger partial charge is 0.362 e. The lowest BCUT2D eigenvalue weighted by Gasteiger charge is -2.17. The van der Waals surface area contributed by atoms with Crippen molar-refractivity contribution in [3.05, 3.63) is 54.5 Å². The Morgan fingerprint density at radius 2 is 1.88 bits per heavy atom. The quantitative estimate of drug-likeness (QED) is 0.885. The van der Waals surface area contributed by atoms with Crippen molar-refractivity contribution in [2.24, 2.45) is 0 Å². The Balaban J connectivity index is 2.03. The van der Waals surface area contributed by atoms with E-state index in [2.05, 4.69) is 15.3 Å². The summed E-state index contributed by atoms with van der Waals surface area (Å²) in [5, 5.41) is 2.56. The minimum atomic E-state index is -2.93. The zero-order valence-electron chi connectivity index (χ0n) is 8.98. The molecule has 0 radical (unpaired) electrons. The molecule has 0 spiro atoms. The summed E-state index contributed by atoms with van der Waals surface area (Å²) in [6.07, 6.45) is 4.34. The van der Waals surface area contributed by atoms with Gasteiger partial charge < -0.3 is 5.32 Å². The summed E-state index contributed by atoms with van der Waals surface area (Å²) in [6.45, 7) is -0.504. The van der Waals surface area contributed by atoms with Crippen LogP contribution in [0.4, 0.5) is 14.6 Å². The second kappa shape index (κ2) is 4.86. The molecule has 2 aromatic rings. The normalized spacial score (nSPS) is 11.2. The van der Waals surface area contributed by atoms with Crippen LogP contribution in [0.1, 0.15) is 5.56 Å². The molecule has 0 aliphatic heterocycles. The molecule has 0 atom stereocenters. The smallest absolute Gasteiger partial charge is 0.290 e. The summed E-state index contributed by atoms with van der Waals surface area (Å²) in [7, 11) is 0. The molecule has 0 saturated carbocycles. The predicted molar refractivity (Wildman–Crippen MR) is 60.9 cm³/mol. The fourth-order valence-electron chi connectivity index (χ4n) is 1.38. The van der Waals surface area contributed by atoms with E-state index in [1.165, 1.54) is 30.7 Å². The molecule has 0 saturated heterocycles. The Morgan fingerprint density at radius 3 is 2.53 bits per heavy atom. The van der Waals surface area contributed by atoms with Gasteiger partial charge in [-0.15, -0.1) is 0 Å². The zero-order chi connectivity index (χ0) is 12.1. The molecule has 0 aliphatic carbocycles. The number of anilines is 1. The van der Waals surface area contributed by atoms with E-state index < -0.39 is 12.5 Å². The molecular formula is C12H11F2N3. The van der Waals surface area contributed by atoms with Gasteiger partial charge >= 0.3 is 0 Å². The number of halogens is 2. The Bertz CT molecular complexity index is 460. The minimum absolute atomic E-state index is 0.0172. The molecule has 88 valence electrons. The van der Waals surface area contributed by atoms with Crippen molar-refractivity contribution < 1.29 is 8.78 Å². The first-order valence-electron chi connectivity index (χ1n) is 5.12. The van der Waals surface area contributed by atoms with Crippen LogP contribution in [0, 0.1) is 0 Å². The molecule has 0 amide bonds. The second-order valence-corrected chi connectivity index (χ2v) is 3.51. The first-order valence-corrected chi connectivity index (χ1v) is 5.12. The first-order chi connectivity index (χ1) is 8.18. The van der Waals surface area contributed by atoms with Crippen LogP contribution in [0.2, 0.25) is 0 Å². The van der Waals surface area contributed by atoms with Gasteiger partial charge in [0.1, 0.15) is 5.82 Å². The van der Waals surface area contributed by atoms with E-state index in [0.717, 1.165) is 0 Å². The van der Waals surface area contributed by atoms with Crippen molar-refractivity contribution in [1.82, 2.24) is 9.97 Å². The van der Waals surface area contributed by atoms with Crippen LogP contribution in [-0.4, -0.2) is 16.5 Å². The van der Waals surface area contributed by atoms with Crippen molar-refractivity contribution in [1.29, 1.82) is 0 Å². The Morgan fingerprint density at radius 1 is 1.12 bits per heavy atom. The molecule has 0 unspecified atom stereocenters. The Hall–Kier alpha value is -2.04. The third-order valence-corrected chi connectivity index (χ3v) is 2.25. The second-order valence-electron chi connectivity index (χ2n) is 3.51. The highest BCUT2D eigenvalue weighted by Crippen LogP contribution is 2.27. The lowest BCUT2D eigenvalue weighted by atomic mass is 10.1. The van der Waals surface area contributed by atoms with Gasteiger partial charge in [0.2, 0.25) is 0 Å². The van der Waals surface area contributed by atoms with Crippen molar-refractivity contribution >= 4 is 5.82 Å². The van der Waals surface area contributed by atoms with Crippen LogP contribution in [-0.2, 0) is 5.92 Å². The first kappa shape index (κ1) is 11.4. The average molecular weight is 235 g/mol. The summed E-state index contributed by atoms with van der Waals surface area (Å²) >= 11 is 0. The molecule has 1 aromatic carbocycles. The average Bonchev–Trinajstić information content (AvgIpc) is 2.39. The van der Waals surface area contributed by atoms with E-state index in [-0.39, 0.29) is 5.56 Å². The highest BCUT2D eigenvalue weighted by molar-refractivity contribution is 5.32. The Kier molecular flexibility index (Phi) is 3.27. The topological polar surface area (TPSA) is 37.8 Å². The number of nitrogens with zero attached hydrogens (tertiary/aromatic N) is 2. The number of hydrogen-bond acceptors (Lipinski definition) is 3. The van der Waals surface area contributed by atoms with Gasteiger partial charge in [-0.05, 0) is 0 Å². The Labute approximate surface area is 97.5 Å². The molecule has 0 bridgehead atoms. The third kappa shape index (κ3) is 2.96. The standard InChI is InChI=1S/C12H11F2N3/c13-12(14,10-4-2-1-3-5-10)9-17-11-8-15-6-7-16-11/h1-8H,9H2,(H,16,17). The van der Waals surface area contributed by atoms with Crippen molar-refractivity contribution in [2.75, 3.05) is 11.9 Å². The van der Waals surface area contributed by atoms with Crippen LogP contribution < -0.4 is 5.32 Å². The number of aromatic nitrogens is 2. The van der Waals surface area contributed by atoms with E-state index in [1.54, 1.807) is 18.2 Å². The summed E-state index contributed by atoms with van der Waals surface area (Å²) in [4.78, 5) is 7.66. The van der Waals surface area contributed by atoms with Gasteiger partial charge in [-0.3, -0.25) is 4.98 Å². The minimum Gasteiger partial charge on any atom is -0.362 e. The van der Waals surface area contributed by atoms with Gasteiger partial charge in [0.15, 0.2) is 0 Å². The van der Waals surface area contributed by atoms with E-state index in [1.807, 2.05) is 0 Å². The SMILES string of the molecule is FC(F)(CNc1cnccn1)c1ccccc1. The van der Waals surface area contributed by atoms with E-state index in [0.29, 0.717) is 5.82 Å². The van der Waals surface area contributed by atoms with Gasteiger partial charge in [-0.2, -0.15) is 8.78 Å². The maximum Gasteiger partial charge on any atom is 0.290 e. The number of benzene rings is 1. The fraction of sp³-hybridized carbons (Fsp3) is 0.167. The zero-order valence-corrected chi connectivity index (χ0v) is 8.98. The van der Waals surface area contributed by atoms with E-state index in [4.69, 9.17) is 0 Å². The van der Waals surface area contributed by atoms with Gasteiger partial charge in [-0.25, -0.2) is 4.98 Å². The summed E-state index contributed by atoms with van der Waals surface area (Å²) < 4.78 is 27.5. The van der Waals surface area contributed by atoms with E-state index in [9.17, 15) is 8.78 Å². The molecule has 1 aromatic heterocycles. The molecule has 5 heteroatoms.